The molecule has 0 aliphatic heterocycles. The summed E-state index contributed by atoms with van der Waals surface area (Å²) in [5.41, 5.74) is 1.31. The van der Waals surface area contributed by atoms with E-state index in [1.54, 1.807) is 7.11 Å². The van der Waals surface area contributed by atoms with E-state index in [9.17, 15) is 5.11 Å². The maximum absolute atomic E-state index is 9.62. The molecule has 18 heavy (non-hydrogen) atoms. The van der Waals surface area contributed by atoms with E-state index in [-0.39, 0.29) is 0 Å². The average molecular weight is 248 g/mol. The van der Waals surface area contributed by atoms with Crippen LogP contribution in [0.4, 0.5) is 0 Å². The standard InChI is InChI=1S/C16H24O2/c1-18-16-9-7-13(8-10-16)11-15(12-17)14-5-3-2-4-6-14/h7-10,14-15,17H,2-6,11-12H2,1H3. The first-order chi connectivity index (χ1) is 8.83. The van der Waals surface area contributed by atoms with Gasteiger partial charge in [-0.2, -0.15) is 0 Å². The van der Waals surface area contributed by atoms with Crippen molar-refractivity contribution in [2.45, 2.75) is 38.5 Å². The Hall–Kier alpha value is -1.02. The maximum atomic E-state index is 9.62. The molecule has 0 spiro atoms. The fraction of sp³-hybridized carbons (Fsp3) is 0.625. The zero-order chi connectivity index (χ0) is 12.8. The molecule has 0 bridgehead atoms. The molecule has 0 aromatic heterocycles. The Morgan fingerprint density at radius 1 is 1.17 bits per heavy atom. The number of ether oxygens (including phenoxy) is 1. The number of methoxy groups -OCH3 is 1. The van der Waals surface area contributed by atoms with Crippen molar-refractivity contribution in [3.8, 4) is 5.75 Å². The monoisotopic (exact) mass is 248 g/mol. The smallest absolute Gasteiger partial charge is 0.118 e. The van der Waals surface area contributed by atoms with Gasteiger partial charge in [-0.3, -0.25) is 0 Å². The molecule has 1 fully saturated rings. The average Bonchev–Trinajstić information content (AvgIpc) is 2.46. The van der Waals surface area contributed by atoms with Crippen molar-refractivity contribution in [2.75, 3.05) is 13.7 Å². The summed E-state index contributed by atoms with van der Waals surface area (Å²) in [6, 6.07) is 8.24. The van der Waals surface area contributed by atoms with Crippen molar-refractivity contribution >= 4 is 0 Å². The van der Waals surface area contributed by atoms with Gasteiger partial charge in [0.15, 0.2) is 0 Å². The number of hydrogen-bond donors (Lipinski definition) is 1. The Bertz CT molecular complexity index is 339. The minimum atomic E-state index is 0.316. The molecule has 0 heterocycles. The summed E-state index contributed by atoms with van der Waals surface area (Å²) in [6.07, 6.45) is 7.62. The molecule has 100 valence electrons. The number of hydrogen-bond acceptors (Lipinski definition) is 2. The first-order valence-electron chi connectivity index (χ1n) is 7.07. The van der Waals surface area contributed by atoms with Gasteiger partial charge in [0.25, 0.3) is 0 Å². The number of aliphatic hydroxyl groups excluding tert-OH is 1. The lowest BCUT2D eigenvalue weighted by Gasteiger charge is -2.29. The van der Waals surface area contributed by atoms with Crippen LogP contribution in [0.5, 0.6) is 5.75 Å². The van der Waals surface area contributed by atoms with Crippen molar-refractivity contribution in [3.63, 3.8) is 0 Å². The van der Waals surface area contributed by atoms with E-state index in [1.807, 2.05) is 12.1 Å². The van der Waals surface area contributed by atoms with Crippen molar-refractivity contribution in [1.29, 1.82) is 0 Å². The van der Waals surface area contributed by atoms with Crippen LogP contribution >= 0.6 is 0 Å². The SMILES string of the molecule is COc1ccc(CC(CO)C2CCCCC2)cc1. The first-order valence-corrected chi connectivity index (χ1v) is 7.07. The third kappa shape index (κ3) is 3.49. The molecular weight excluding hydrogens is 224 g/mol. The van der Waals surface area contributed by atoms with Gasteiger partial charge in [-0.05, 0) is 36.0 Å². The summed E-state index contributed by atoms with van der Waals surface area (Å²) >= 11 is 0. The van der Waals surface area contributed by atoms with Crippen LogP contribution in [0.25, 0.3) is 0 Å². The second-order valence-corrected chi connectivity index (χ2v) is 5.39. The minimum Gasteiger partial charge on any atom is -0.497 e. The van der Waals surface area contributed by atoms with E-state index in [0.29, 0.717) is 18.4 Å². The second kappa shape index (κ2) is 6.79. The Labute approximate surface area is 110 Å². The summed E-state index contributed by atoms with van der Waals surface area (Å²) in [4.78, 5) is 0. The predicted molar refractivity (Wildman–Crippen MR) is 73.8 cm³/mol. The normalized spacial score (nSPS) is 18.6. The van der Waals surface area contributed by atoms with E-state index in [1.165, 1.54) is 37.7 Å². The van der Waals surface area contributed by atoms with E-state index in [4.69, 9.17) is 4.74 Å². The van der Waals surface area contributed by atoms with Gasteiger partial charge in [0.1, 0.15) is 5.75 Å². The predicted octanol–water partition coefficient (Wildman–Crippen LogP) is 3.43. The van der Waals surface area contributed by atoms with Crippen molar-refractivity contribution in [2.24, 2.45) is 11.8 Å². The molecule has 1 saturated carbocycles. The third-order valence-electron chi connectivity index (χ3n) is 4.21. The van der Waals surface area contributed by atoms with Crippen LogP contribution in [0.2, 0.25) is 0 Å². The Kier molecular flexibility index (Phi) is 5.06. The molecule has 1 atom stereocenters. The van der Waals surface area contributed by atoms with Crippen LogP contribution in [-0.2, 0) is 6.42 Å². The summed E-state index contributed by atoms with van der Waals surface area (Å²) in [7, 11) is 1.69. The Morgan fingerprint density at radius 2 is 1.83 bits per heavy atom. The molecular formula is C16H24O2. The van der Waals surface area contributed by atoms with E-state index in [2.05, 4.69) is 12.1 Å². The lowest BCUT2D eigenvalue weighted by Crippen LogP contribution is -2.23. The Morgan fingerprint density at radius 3 is 2.39 bits per heavy atom. The van der Waals surface area contributed by atoms with Crippen LogP contribution in [0, 0.1) is 11.8 Å². The highest BCUT2D eigenvalue weighted by atomic mass is 16.5. The number of aliphatic hydroxyl groups is 1. The van der Waals surface area contributed by atoms with Crippen LogP contribution in [0.15, 0.2) is 24.3 Å². The van der Waals surface area contributed by atoms with Crippen molar-refractivity contribution in [3.05, 3.63) is 29.8 Å². The topological polar surface area (TPSA) is 29.5 Å². The van der Waals surface area contributed by atoms with Crippen molar-refractivity contribution < 1.29 is 9.84 Å². The molecule has 1 aromatic carbocycles. The van der Waals surface area contributed by atoms with Crippen LogP contribution in [0.1, 0.15) is 37.7 Å². The zero-order valence-electron chi connectivity index (χ0n) is 11.3. The Balaban J connectivity index is 1.95. The number of rotatable bonds is 5. The van der Waals surface area contributed by atoms with Gasteiger partial charge in [-0.25, -0.2) is 0 Å². The van der Waals surface area contributed by atoms with Crippen LogP contribution in [-0.4, -0.2) is 18.8 Å². The third-order valence-corrected chi connectivity index (χ3v) is 4.21. The van der Waals surface area contributed by atoms with Gasteiger partial charge < -0.3 is 9.84 Å². The zero-order valence-corrected chi connectivity index (χ0v) is 11.3. The lowest BCUT2D eigenvalue weighted by atomic mass is 9.78. The van der Waals surface area contributed by atoms with Gasteiger partial charge in [-0.1, -0.05) is 44.2 Å². The van der Waals surface area contributed by atoms with Crippen LogP contribution in [0.3, 0.4) is 0 Å². The highest BCUT2D eigenvalue weighted by Gasteiger charge is 2.23. The molecule has 2 nitrogen and oxygen atoms in total. The van der Waals surface area contributed by atoms with Gasteiger partial charge >= 0.3 is 0 Å². The highest BCUT2D eigenvalue weighted by molar-refractivity contribution is 5.27. The fourth-order valence-electron chi connectivity index (χ4n) is 3.05. The van der Waals surface area contributed by atoms with E-state index in [0.717, 1.165) is 12.2 Å². The first kappa shape index (κ1) is 13.4. The molecule has 0 saturated heterocycles. The molecule has 1 aromatic rings. The molecule has 0 amide bonds. The largest absolute Gasteiger partial charge is 0.497 e. The molecule has 2 rings (SSSR count). The van der Waals surface area contributed by atoms with Gasteiger partial charge in [0.2, 0.25) is 0 Å². The minimum absolute atomic E-state index is 0.316. The lowest BCUT2D eigenvalue weighted by molar-refractivity contribution is 0.147. The van der Waals surface area contributed by atoms with Gasteiger partial charge in [-0.15, -0.1) is 0 Å². The molecule has 2 heteroatoms. The van der Waals surface area contributed by atoms with Crippen molar-refractivity contribution in [1.82, 2.24) is 0 Å². The fourth-order valence-corrected chi connectivity index (χ4v) is 3.05. The molecule has 1 aliphatic rings. The second-order valence-electron chi connectivity index (χ2n) is 5.39. The molecule has 1 unspecified atom stereocenters. The van der Waals surface area contributed by atoms with E-state index < -0.39 is 0 Å². The highest BCUT2D eigenvalue weighted by Crippen LogP contribution is 2.31. The maximum Gasteiger partial charge on any atom is 0.118 e. The summed E-state index contributed by atoms with van der Waals surface area (Å²) in [6.45, 7) is 0.316. The molecule has 1 N–H and O–H groups in total. The quantitative estimate of drug-likeness (QED) is 0.865. The summed E-state index contributed by atoms with van der Waals surface area (Å²) in [5, 5.41) is 9.62. The van der Waals surface area contributed by atoms with Crippen LogP contribution < -0.4 is 4.74 Å². The number of benzene rings is 1. The molecule has 0 radical (unpaired) electrons. The van der Waals surface area contributed by atoms with Gasteiger partial charge in [0, 0.05) is 6.61 Å². The summed E-state index contributed by atoms with van der Waals surface area (Å²) in [5.74, 6) is 2.04. The summed E-state index contributed by atoms with van der Waals surface area (Å²) < 4.78 is 5.17. The van der Waals surface area contributed by atoms with E-state index >= 15 is 0 Å². The molecule has 1 aliphatic carbocycles. The van der Waals surface area contributed by atoms with Gasteiger partial charge in [0.05, 0.1) is 7.11 Å².